The van der Waals surface area contributed by atoms with Gasteiger partial charge >= 0.3 is 23.9 Å². The van der Waals surface area contributed by atoms with Crippen LogP contribution in [0.4, 0.5) is 5.13 Å². The van der Waals surface area contributed by atoms with Crippen LogP contribution in [-0.2, 0) is 30.2 Å². The summed E-state index contributed by atoms with van der Waals surface area (Å²) in [5.41, 5.74) is 8.04. The molecule has 1 aromatic heterocycles. The summed E-state index contributed by atoms with van der Waals surface area (Å²) in [6.07, 6.45) is 11.4. The van der Waals surface area contributed by atoms with Crippen molar-refractivity contribution in [2.45, 2.75) is 57.8 Å². The fraction of sp³-hybridized carbons (Fsp3) is 0.259. The number of aromatic nitrogens is 1. The summed E-state index contributed by atoms with van der Waals surface area (Å²) in [7, 11) is 0. The van der Waals surface area contributed by atoms with Gasteiger partial charge in [0.15, 0.2) is 0 Å². The van der Waals surface area contributed by atoms with E-state index < -0.39 is 23.9 Å². The van der Waals surface area contributed by atoms with Crippen LogP contribution < -0.4 is 19.6 Å². The standard InChI is InChI=1S/C54H55N3O10S/c1-3-50(58)64-34-13-7-5-11-32-62-45-26-21-41(22-27-45)52(60)66-36-31-39-17-19-40(20-18-39)43-25-30-48(44(37-43)38-55-57-54-56-47-15-9-10-16-49(47)68-54)67-53(61)42-23-28-46(29-24-42)63-33-12-6-8-14-35-65-51(59)4-2/h3-4,9-10,15-30,37-38H,1-2,5-8,11-14,31-36H2,(H,56,57)/b55-38+. The van der Waals surface area contributed by atoms with Crippen LogP contribution in [0.2, 0.25) is 0 Å². The van der Waals surface area contributed by atoms with Crippen molar-refractivity contribution in [1.82, 2.24) is 4.98 Å². The Morgan fingerprint density at radius 2 is 1.15 bits per heavy atom. The van der Waals surface area contributed by atoms with E-state index in [0.29, 0.717) is 71.9 Å². The number of hydrogen-bond donors (Lipinski definition) is 1. The van der Waals surface area contributed by atoms with Crippen molar-refractivity contribution in [1.29, 1.82) is 0 Å². The van der Waals surface area contributed by atoms with Gasteiger partial charge in [-0.1, -0.05) is 67.0 Å². The molecule has 0 atom stereocenters. The summed E-state index contributed by atoms with van der Waals surface area (Å²) in [5.74, 6) is -0.120. The fourth-order valence-electron chi connectivity index (χ4n) is 6.70. The maximum absolute atomic E-state index is 13.4. The number of nitrogens with one attached hydrogen (secondary N) is 1. The summed E-state index contributed by atoms with van der Waals surface area (Å²) in [6, 6.07) is 35.0. The van der Waals surface area contributed by atoms with Gasteiger partial charge in [-0.3, -0.25) is 5.43 Å². The van der Waals surface area contributed by atoms with Gasteiger partial charge in [0, 0.05) is 24.1 Å². The molecule has 0 bridgehead atoms. The minimum Gasteiger partial charge on any atom is -0.494 e. The molecule has 0 saturated heterocycles. The molecule has 6 rings (SSSR count). The highest BCUT2D eigenvalue weighted by Crippen LogP contribution is 2.29. The molecule has 13 nitrogen and oxygen atoms in total. The molecular formula is C54H55N3O10S. The molecule has 0 unspecified atom stereocenters. The average Bonchev–Trinajstić information content (AvgIpc) is 3.79. The molecular weight excluding hydrogens is 883 g/mol. The quantitative estimate of drug-likeness (QED) is 0.00944. The van der Waals surface area contributed by atoms with Crippen LogP contribution in [0.25, 0.3) is 21.3 Å². The molecule has 5 aromatic carbocycles. The van der Waals surface area contributed by atoms with Gasteiger partial charge in [-0.2, -0.15) is 5.10 Å². The fourth-order valence-corrected chi connectivity index (χ4v) is 7.52. The third-order valence-corrected chi connectivity index (χ3v) is 11.3. The van der Waals surface area contributed by atoms with Crippen molar-refractivity contribution >= 4 is 56.8 Å². The molecule has 6 aromatic rings. The smallest absolute Gasteiger partial charge is 0.343 e. The molecule has 0 aliphatic rings. The number of carbonyl (C=O) groups excluding carboxylic acids is 4. The van der Waals surface area contributed by atoms with Gasteiger partial charge in [0.1, 0.15) is 17.2 Å². The van der Waals surface area contributed by atoms with E-state index in [4.69, 9.17) is 28.4 Å². The predicted molar refractivity (Wildman–Crippen MR) is 265 cm³/mol. The van der Waals surface area contributed by atoms with Gasteiger partial charge < -0.3 is 28.4 Å². The molecule has 0 aliphatic heterocycles. The Bertz CT molecular complexity index is 2590. The second-order valence-electron chi connectivity index (χ2n) is 15.4. The molecule has 0 radical (unpaired) electrons. The number of unbranched alkanes of at least 4 members (excludes halogenated alkanes) is 6. The van der Waals surface area contributed by atoms with E-state index >= 15 is 0 Å². The Hall–Kier alpha value is -7.58. The molecule has 0 aliphatic carbocycles. The van der Waals surface area contributed by atoms with Crippen LogP contribution in [-0.4, -0.2) is 68.1 Å². The van der Waals surface area contributed by atoms with Crippen molar-refractivity contribution in [3.8, 4) is 28.4 Å². The maximum atomic E-state index is 13.4. The number of hydrazone groups is 1. The van der Waals surface area contributed by atoms with Crippen molar-refractivity contribution in [3.63, 3.8) is 0 Å². The van der Waals surface area contributed by atoms with Crippen molar-refractivity contribution in [2.24, 2.45) is 5.10 Å². The van der Waals surface area contributed by atoms with Crippen LogP contribution in [0.1, 0.15) is 83.2 Å². The van der Waals surface area contributed by atoms with Gasteiger partial charge in [0.05, 0.1) is 60.6 Å². The van der Waals surface area contributed by atoms with Crippen molar-refractivity contribution in [2.75, 3.05) is 38.5 Å². The highest BCUT2D eigenvalue weighted by Gasteiger charge is 2.14. The lowest BCUT2D eigenvalue weighted by Gasteiger charge is -2.11. The number of hydrogen-bond acceptors (Lipinski definition) is 14. The lowest BCUT2D eigenvalue weighted by Crippen LogP contribution is -2.10. The van der Waals surface area contributed by atoms with Gasteiger partial charge in [0.25, 0.3) is 0 Å². The van der Waals surface area contributed by atoms with E-state index in [9.17, 15) is 19.2 Å². The zero-order valence-corrected chi connectivity index (χ0v) is 38.7. The van der Waals surface area contributed by atoms with E-state index in [1.54, 1.807) is 60.8 Å². The zero-order valence-electron chi connectivity index (χ0n) is 37.9. The summed E-state index contributed by atoms with van der Waals surface area (Å²) in [4.78, 5) is 53.0. The molecule has 0 spiro atoms. The highest BCUT2D eigenvalue weighted by molar-refractivity contribution is 7.22. The lowest BCUT2D eigenvalue weighted by molar-refractivity contribution is -0.138. The SMILES string of the molecule is C=CC(=O)OCCCCCCOc1ccc(C(=O)OCCc2ccc(-c3ccc(OC(=O)c4ccc(OCCCCCCOC(=O)C=C)cc4)c(/C=N/Nc4nc5ccccc5s4)c3)cc2)cc1. The van der Waals surface area contributed by atoms with E-state index in [1.165, 1.54) is 11.3 Å². The molecule has 14 heteroatoms. The molecule has 0 amide bonds. The van der Waals surface area contributed by atoms with E-state index in [1.807, 2.05) is 60.7 Å². The lowest BCUT2D eigenvalue weighted by atomic mass is 10.0. The monoisotopic (exact) mass is 937 g/mol. The Labute approximate surface area is 400 Å². The number of fused-ring (bicyclic) bond motifs is 1. The molecule has 68 heavy (non-hydrogen) atoms. The number of ether oxygens (including phenoxy) is 6. The first-order valence-electron chi connectivity index (χ1n) is 22.6. The minimum atomic E-state index is -0.534. The maximum Gasteiger partial charge on any atom is 0.343 e. The Morgan fingerprint density at radius 1 is 0.588 bits per heavy atom. The number of anilines is 1. The largest absolute Gasteiger partial charge is 0.494 e. The highest BCUT2D eigenvalue weighted by atomic mass is 32.1. The van der Waals surface area contributed by atoms with Crippen molar-refractivity contribution in [3.05, 3.63) is 163 Å². The topological polar surface area (TPSA) is 161 Å². The third-order valence-electron chi connectivity index (χ3n) is 10.4. The first-order chi connectivity index (χ1) is 33.3. The minimum absolute atomic E-state index is 0.209. The van der Waals surface area contributed by atoms with Gasteiger partial charge in [-0.05, 0) is 141 Å². The molecule has 1 N–H and O–H groups in total. The number of carbonyl (C=O) groups is 4. The molecule has 1 heterocycles. The first-order valence-corrected chi connectivity index (χ1v) is 23.4. The molecule has 0 fully saturated rings. The Kier molecular flexibility index (Phi) is 19.9. The summed E-state index contributed by atoms with van der Waals surface area (Å²) >= 11 is 1.48. The molecule has 0 saturated carbocycles. The number of thiazole rings is 1. The van der Waals surface area contributed by atoms with Gasteiger partial charge in [-0.15, -0.1) is 0 Å². The van der Waals surface area contributed by atoms with Crippen LogP contribution in [0.5, 0.6) is 17.2 Å². The number of esters is 4. The average molecular weight is 938 g/mol. The van der Waals surface area contributed by atoms with Crippen LogP contribution in [0.3, 0.4) is 0 Å². The Morgan fingerprint density at radius 3 is 1.74 bits per heavy atom. The van der Waals surface area contributed by atoms with Crippen molar-refractivity contribution < 1.29 is 47.6 Å². The summed E-state index contributed by atoms with van der Waals surface area (Å²) in [5, 5.41) is 5.08. The van der Waals surface area contributed by atoms with E-state index in [0.717, 1.165) is 90.4 Å². The number of para-hydroxylation sites is 1. The second kappa shape index (κ2) is 27.2. The van der Waals surface area contributed by atoms with Gasteiger partial charge in [0.2, 0.25) is 5.13 Å². The number of nitrogens with zero attached hydrogens (tertiary/aromatic N) is 2. The van der Waals surface area contributed by atoms with Crippen LogP contribution in [0.15, 0.2) is 146 Å². The third kappa shape index (κ3) is 16.4. The van der Waals surface area contributed by atoms with E-state index in [2.05, 4.69) is 28.7 Å². The number of benzene rings is 5. The molecule has 352 valence electrons. The summed E-state index contributed by atoms with van der Waals surface area (Å²) < 4.78 is 34.2. The van der Waals surface area contributed by atoms with E-state index in [-0.39, 0.29) is 6.61 Å². The second-order valence-corrected chi connectivity index (χ2v) is 16.4. The van der Waals surface area contributed by atoms with Crippen LogP contribution >= 0.6 is 11.3 Å². The van der Waals surface area contributed by atoms with Crippen LogP contribution in [0, 0.1) is 0 Å². The first kappa shape index (κ1) is 49.8. The predicted octanol–water partition coefficient (Wildman–Crippen LogP) is 11.4. The van der Waals surface area contributed by atoms with Gasteiger partial charge in [-0.25, -0.2) is 24.2 Å². The number of rotatable bonds is 28. The summed E-state index contributed by atoms with van der Waals surface area (Å²) in [6.45, 7) is 8.81. The normalized spacial score (nSPS) is 10.9. The zero-order chi connectivity index (χ0) is 47.8. The Balaban J connectivity index is 0.996.